The fourth-order valence-corrected chi connectivity index (χ4v) is 2.25. The Kier molecular flexibility index (Phi) is 4.37. The van der Waals surface area contributed by atoms with E-state index in [0.717, 1.165) is 11.1 Å². The van der Waals surface area contributed by atoms with Gasteiger partial charge in [-0.1, -0.05) is 48.5 Å². The van der Waals surface area contributed by atoms with Gasteiger partial charge in [-0.25, -0.2) is 0 Å². The molecule has 90 valence electrons. The van der Waals surface area contributed by atoms with Gasteiger partial charge < -0.3 is 0 Å². The lowest BCUT2D eigenvalue weighted by molar-refractivity contribution is 0.104. The van der Waals surface area contributed by atoms with Crippen LogP contribution in [0.5, 0.6) is 0 Å². The Morgan fingerprint density at radius 3 is 2.39 bits per heavy atom. The molecule has 0 aliphatic rings. The smallest absolute Gasteiger partial charge is 0.185 e. The van der Waals surface area contributed by atoms with Gasteiger partial charge in [0.15, 0.2) is 5.78 Å². The van der Waals surface area contributed by atoms with E-state index in [9.17, 15) is 4.79 Å². The van der Waals surface area contributed by atoms with Gasteiger partial charge in [0.1, 0.15) is 0 Å². The summed E-state index contributed by atoms with van der Waals surface area (Å²) in [7, 11) is 0. The highest BCUT2D eigenvalue weighted by molar-refractivity contribution is 7.98. The van der Waals surface area contributed by atoms with E-state index in [4.69, 9.17) is 0 Å². The number of hydrogen-bond donors (Lipinski definition) is 0. The van der Waals surface area contributed by atoms with Crippen LogP contribution in [0.4, 0.5) is 0 Å². The summed E-state index contributed by atoms with van der Waals surface area (Å²) in [5.74, 6) is 0.0338. The van der Waals surface area contributed by atoms with Crippen molar-refractivity contribution in [3.8, 4) is 0 Å². The third kappa shape index (κ3) is 3.11. The first kappa shape index (κ1) is 12.7. The molecular formula is C16H14OS. The molecule has 2 aromatic carbocycles. The summed E-state index contributed by atoms with van der Waals surface area (Å²) in [6, 6.07) is 17.4. The topological polar surface area (TPSA) is 17.1 Å². The largest absolute Gasteiger partial charge is 0.289 e. The lowest BCUT2D eigenvalue weighted by Gasteiger charge is -2.01. The van der Waals surface area contributed by atoms with E-state index >= 15 is 0 Å². The summed E-state index contributed by atoms with van der Waals surface area (Å²) in [6.07, 6.45) is 5.54. The molecule has 0 saturated carbocycles. The van der Waals surface area contributed by atoms with Gasteiger partial charge in [0.25, 0.3) is 0 Å². The first-order valence-corrected chi connectivity index (χ1v) is 6.94. The minimum atomic E-state index is 0.0338. The molecule has 0 aliphatic carbocycles. The standard InChI is InChI=1S/C16H14OS/c1-18-16-10-6-5-9-14(16)11-12-15(17)13-7-3-2-4-8-13/h2-12H,1H3/b12-11+. The zero-order valence-corrected chi connectivity index (χ0v) is 11.0. The van der Waals surface area contributed by atoms with Crippen LogP contribution in [0, 0.1) is 0 Å². The molecule has 0 bridgehead atoms. The van der Waals surface area contributed by atoms with E-state index in [1.54, 1.807) is 17.8 Å². The van der Waals surface area contributed by atoms with Crippen molar-refractivity contribution in [1.82, 2.24) is 0 Å². The van der Waals surface area contributed by atoms with Crippen LogP contribution < -0.4 is 0 Å². The van der Waals surface area contributed by atoms with Crippen LogP contribution in [0.1, 0.15) is 15.9 Å². The van der Waals surface area contributed by atoms with Gasteiger partial charge >= 0.3 is 0 Å². The van der Waals surface area contributed by atoms with Crippen LogP contribution in [0.3, 0.4) is 0 Å². The summed E-state index contributed by atoms with van der Waals surface area (Å²) in [4.78, 5) is 13.1. The number of carbonyl (C=O) groups excluding carboxylic acids is 1. The minimum absolute atomic E-state index is 0.0338. The van der Waals surface area contributed by atoms with Crippen LogP contribution in [0.15, 0.2) is 65.6 Å². The van der Waals surface area contributed by atoms with Crippen molar-refractivity contribution in [2.24, 2.45) is 0 Å². The van der Waals surface area contributed by atoms with Gasteiger partial charge in [0, 0.05) is 10.5 Å². The third-order valence-electron chi connectivity index (χ3n) is 2.61. The quantitative estimate of drug-likeness (QED) is 0.459. The highest BCUT2D eigenvalue weighted by atomic mass is 32.2. The van der Waals surface area contributed by atoms with Crippen LogP contribution in [-0.2, 0) is 0 Å². The molecule has 0 saturated heterocycles. The maximum absolute atomic E-state index is 11.9. The third-order valence-corrected chi connectivity index (χ3v) is 3.42. The van der Waals surface area contributed by atoms with Crippen molar-refractivity contribution < 1.29 is 4.79 Å². The molecule has 0 unspecified atom stereocenters. The van der Waals surface area contributed by atoms with Gasteiger partial charge in [0.2, 0.25) is 0 Å². The average Bonchev–Trinajstić information content (AvgIpc) is 2.46. The van der Waals surface area contributed by atoms with E-state index in [1.807, 2.05) is 60.9 Å². The normalized spacial score (nSPS) is 10.7. The predicted molar refractivity (Wildman–Crippen MR) is 78.0 cm³/mol. The average molecular weight is 254 g/mol. The fourth-order valence-electron chi connectivity index (χ4n) is 1.67. The molecule has 0 atom stereocenters. The SMILES string of the molecule is CSc1ccccc1/C=C/C(=O)c1ccccc1. The zero-order valence-electron chi connectivity index (χ0n) is 10.2. The monoisotopic (exact) mass is 254 g/mol. The molecule has 0 N–H and O–H groups in total. The van der Waals surface area contributed by atoms with Crippen molar-refractivity contribution in [2.45, 2.75) is 4.90 Å². The Morgan fingerprint density at radius 2 is 1.67 bits per heavy atom. The van der Waals surface area contributed by atoms with Gasteiger partial charge in [-0.3, -0.25) is 4.79 Å². The second-order valence-corrected chi connectivity index (χ2v) is 4.65. The molecule has 2 heteroatoms. The molecule has 0 spiro atoms. The number of rotatable bonds is 4. The summed E-state index contributed by atoms with van der Waals surface area (Å²) in [5.41, 5.74) is 1.80. The van der Waals surface area contributed by atoms with Gasteiger partial charge in [-0.2, -0.15) is 0 Å². The molecule has 0 aromatic heterocycles. The summed E-state index contributed by atoms with van der Waals surface area (Å²) >= 11 is 1.68. The van der Waals surface area contributed by atoms with Gasteiger partial charge in [-0.05, 0) is 30.0 Å². The Balaban J connectivity index is 2.19. The van der Waals surface area contributed by atoms with E-state index in [0.29, 0.717) is 0 Å². The number of carbonyl (C=O) groups is 1. The zero-order chi connectivity index (χ0) is 12.8. The molecule has 2 rings (SSSR count). The predicted octanol–water partition coefficient (Wildman–Crippen LogP) is 4.30. The summed E-state index contributed by atoms with van der Waals surface area (Å²) < 4.78 is 0. The van der Waals surface area contributed by atoms with Gasteiger partial charge in [0.05, 0.1) is 0 Å². The highest BCUT2D eigenvalue weighted by Gasteiger charge is 2.01. The summed E-state index contributed by atoms with van der Waals surface area (Å²) in [6.45, 7) is 0. The van der Waals surface area contributed by atoms with Crippen LogP contribution in [0.2, 0.25) is 0 Å². The van der Waals surface area contributed by atoms with Crippen molar-refractivity contribution in [2.75, 3.05) is 6.26 Å². The molecule has 1 nitrogen and oxygen atoms in total. The minimum Gasteiger partial charge on any atom is -0.289 e. The first-order chi connectivity index (χ1) is 8.81. The van der Waals surface area contributed by atoms with Crippen molar-refractivity contribution in [3.63, 3.8) is 0 Å². The lowest BCUT2D eigenvalue weighted by atomic mass is 10.1. The number of thioether (sulfide) groups is 1. The Labute approximate surface area is 112 Å². The second kappa shape index (κ2) is 6.22. The molecule has 0 aliphatic heterocycles. The maximum atomic E-state index is 11.9. The molecule has 18 heavy (non-hydrogen) atoms. The molecule has 0 fully saturated rings. The van der Waals surface area contributed by atoms with E-state index in [2.05, 4.69) is 6.07 Å². The van der Waals surface area contributed by atoms with E-state index in [1.165, 1.54) is 4.90 Å². The van der Waals surface area contributed by atoms with Crippen LogP contribution in [0.25, 0.3) is 6.08 Å². The molecule has 0 radical (unpaired) electrons. The molecule has 0 amide bonds. The Hall–Kier alpha value is -1.80. The Morgan fingerprint density at radius 1 is 1.00 bits per heavy atom. The number of allylic oxidation sites excluding steroid dienone is 1. The molecule has 0 heterocycles. The first-order valence-electron chi connectivity index (χ1n) is 5.72. The molecular weight excluding hydrogens is 240 g/mol. The number of hydrogen-bond acceptors (Lipinski definition) is 2. The van der Waals surface area contributed by atoms with E-state index < -0.39 is 0 Å². The van der Waals surface area contributed by atoms with Crippen molar-refractivity contribution in [1.29, 1.82) is 0 Å². The fraction of sp³-hybridized carbons (Fsp3) is 0.0625. The number of ketones is 1. The lowest BCUT2D eigenvalue weighted by Crippen LogP contribution is -1.92. The van der Waals surface area contributed by atoms with Gasteiger partial charge in [-0.15, -0.1) is 11.8 Å². The summed E-state index contributed by atoms with van der Waals surface area (Å²) in [5, 5.41) is 0. The Bertz CT molecular complexity index is 558. The highest BCUT2D eigenvalue weighted by Crippen LogP contribution is 2.21. The van der Waals surface area contributed by atoms with Crippen molar-refractivity contribution in [3.05, 3.63) is 71.8 Å². The van der Waals surface area contributed by atoms with E-state index in [-0.39, 0.29) is 5.78 Å². The number of benzene rings is 2. The van der Waals surface area contributed by atoms with Crippen LogP contribution >= 0.6 is 11.8 Å². The maximum Gasteiger partial charge on any atom is 0.185 e. The molecule has 2 aromatic rings. The van der Waals surface area contributed by atoms with Crippen LogP contribution in [-0.4, -0.2) is 12.0 Å². The second-order valence-electron chi connectivity index (χ2n) is 3.81. The van der Waals surface area contributed by atoms with Crippen molar-refractivity contribution >= 4 is 23.6 Å².